The second-order valence-corrected chi connectivity index (χ2v) is 30.2. The normalized spacial score (nSPS) is 14.4. The average molecular weight is 1500 g/mol. The minimum absolute atomic E-state index is 0.0847. The van der Waals surface area contributed by atoms with E-state index in [1.54, 1.807) is 0 Å². The maximum atomic E-state index is 13.1. The SMILES string of the molecule is CC/C=C\C/C=C\C/C=C\C/C=C\C/C=C\CCCC(=O)OCC(COP(=O)(O)OCC(O)COP(=O)(O)OCC(COC(=O)CCCCCCCC/C=C\C/C=C\C/C=C\C/C=C\CC)OC(=O)CCCCCCCCCCCCCCCCC)OC(=O)CCCCCCCCCCCCCCC. The van der Waals surface area contributed by atoms with Crippen LogP contribution in [-0.4, -0.2) is 96.7 Å². The molecule has 0 aromatic rings. The molecular formula is C85H148O17P2. The van der Waals surface area contributed by atoms with Gasteiger partial charge in [-0.1, -0.05) is 330 Å². The van der Waals surface area contributed by atoms with Gasteiger partial charge >= 0.3 is 39.5 Å². The Kier molecular flexibility index (Phi) is 73.7. The maximum absolute atomic E-state index is 13.1. The Balaban J connectivity index is 5.38. The quantitative estimate of drug-likeness (QED) is 0.0169. The van der Waals surface area contributed by atoms with Crippen LogP contribution in [-0.2, 0) is 65.4 Å². The second kappa shape index (κ2) is 76.9. The molecule has 0 aromatic heterocycles. The first-order valence-electron chi connectivity index (χ1n) is 41.1. The number of hydrogen-bond acceptors (Lipinski definition) is 15. The van der Waals surface area contributed by atoms with Crippen LogP contribution >= 0.6 is 15.6 Å². The number of hydrogen-bond donors (Lipinski definition) is 3. The lowest BCUT2D eigenvalue weighted by molar-refractivity contribution is -0.161. The van der Waals surface area contributed by atoms with E-state index in [1.165, 1.54) is 116 Å². The van der Waals surface area contributed by atoms with Gasteiger partial charge in [-0.05, 0) is 103 Å². The molecular weight excluding hydrogens is 1350 g/mol. The molecule has 0 bridgehead atoms. The van der Waals surface area contributed by atoms with E-state index >= 15 is 0 Å². The Bertz CT molecular complexity index is 2390. The van der Waals surface area contributed by atoms with E-state index in [9.17, 15) is 43.2 Å². The van der Waals surface area contributed by atoms with Gasteiger partial charge in [0.2, 0.25) is 0 Å². The molecule has 0 aliphatic rings. The largest absolute Gasteiger partial charge is 0.472 e. The number of allylic oxidation sites excluding steroid dienone is 18. The van der Waals surface area contributed by atoms with Gasteiger partial charge in [-0.3, -0.25) is 37.3 Å². The first-order chi connectivity index (χ1) is 50.7. The number of rotatable bonds is 77. The highest BCUT2D eigenvalue weighted by molar-refractivity contribution is 7.47. The van der Waals surface area contributed by atoms with Crippen LogP contribution in [0.4, 0.5) is 0 Å². The molecule has 3 N–H and O–H groups in total. The summed E-state index contributed by atoms with van der Waals surface area (Å²) in [5.74, 6) is -2.23. The van der Waals surface area contributed by atoms with Gasteiger partial charge in [0.05, 0.1) is 26.4 Å². The van der Waals surface area contributed by atoms with Crippen molar-refractivity contribution < 1.29 is 80.2 Å². The lowest BCUT2D eigenvalue weighted by Gasteiger charge is -2.21. The third-order valence-corrected chi connectivity index (χ3v) is 19.2. The molecule has 0 amide bonds. The Morgan fingerprint density at radius 3 is 0.808 bits per heavy atom. The van der Waals surface area contributed by atoms with Crippen molar-refractivity contribution in [1.29, 1.82) is 0 Å². The number of phosphoric acid groups is 2. The van der Waals surface area contributed by atoms with Crippen molar-refractivity contribution in [1.82, 2.24) is 0 Å². The van der Waals surface area contributed by atoms with Gasteiger partial charge in [0, 0.05) is 25.7 Å². The molecule has 19 heteroatoms. The smallest absolute Gasteiger partial charge is 0.462 e. The van der Waals surface area contributed by atoms with E-state index in [-0.39, 0.29) is 25.7 Å². The van der Waals surface area contributed by atoms with E-state index in [2.05, 4.69) is 125 Å². The number of esters is 4. The van der Waals surface area contributed by atoms with Crippen LogP contribution in [0.2, 0.25) is 0 Å². The van der Waals surface area contributed by atoms with Crippen LogP contribution in [0.1, 0.15) is 349 Å². The van der Waals surface area contributed by atoms with E-state index in [4.69, 9.17) is 37.0 Å². The predicted molar refractivity (Wildman–Crippen MR) is 427 cm³/mol. The number of phosphoric ester groups is 2. The van der Waals surface area contributed by atoms with Crippen molar-refractivity contribution in [3.8, 4) is 0 Å². The summed E-state index contributed by atoms with van der Waals surface area (Å²) in [5.41, 5.74) is 0. The van der Waals surface area contributed by atoms with Crippen LogP contribution in [0.5, 0.6) is 0 Å². The summed E-state index contributed by atoms with van der Waals surface area (Å²) in [6, 6.07) is 0. The summed E-state index contributed by atoms with van der Waals surface area (Å²) in [6.45, 7) is 4.63. The zero-order valence-corrected chi connectivity index (χ0v) is 67.5. The molecule has 0 aromatic carbocycles. The van der Waals surface area contributed by atoms with Crippen molar-refractivity contribution in [3.63, 3.8) is 0 Å². The molecule has 0 saturated carbocycles. The summed E-state index contributed by atoms with van der Waals surface area (Å²) < 4.78 is 68.6. The Morgan fingerprint density at radius 1 is 0.279 bits per heavy atom. The van der Waals surface area contributed by atoms with Crippen LogP contribution in [0.3, 0.4) is 0 Å². The van der Waals surface area contributed by atoms with Crippen LogP contribution in [0, 0.1) is 0 Å². The zero-order valence-electron chi connectivity index (χ0n) is 65.7. The minimum atomic E-state index is -4.99. The van der Waals surface area contributed by atoms with Gasteiger partial charge in [0.1, 0.15) is 19.3 Å². The monoisotopic (exact) mass is 1500 g/mol. The highest BCUT2D eigenvalue weighted by atomic mass is 31.2. The molecule has 104 heavy (non-hydrogen) atoms. The third-order valence-electron chi connectivity index (χ3n) is 17.3. The van der Waals surface area contributed by atoms with Crippen molar-refractivity contribution >= 4 is 39.5 Å². The van der Waals surface area contributed by atoms with Crippen molar-refractivity contribution in [3.05, 3.63) is 109 Å². The standard InChI is InChI=1S/C85H148O17P2/c1-5-9-13-17-21-25-29-33-36-38-39-41-44-47-50-54-58-62-66-70-83(88)96-76-81(102-85(90)72-68-64-60-56-52-48-42-35-31-27-23-19-15-11-7-3)78-100-104(93,94)98-74-79(86)73-97-103(91,92)99-77-80(101-84(89)71-67-63-59-55-51-45-32-28-24-20-16-12-8-4)75-95-82(87)69-65-61-57-53-49-46-43-40-37-34-30-26-22-18-14-10-6-2/h9-10,13-14,21-22,25-26,33-34,36-37,39,41,43,46,53,57,79-81,86H,5-8,11-12,15-20,23-24,27-32,35,38,40,42,44-45,47-52,54-56,58-78H2,1-4H3,(H,91,92)(H,93,94)/b13-9-,14-10-,25-21-,26-22-,36-33-,37-34-,41-39-,46-43-,57-53-. The fourth-order valence-electron chi connectivity index (χ4n) is 11.1. The van der Waals surface area contributed by atoms with E-state index < -0.39 is 97.5 Å². The van der Waals surface area contributed by atoms with Crippen molar-refractivity contribution in [2.45, 2.75) is 367 Å². The summed E-state index contributed by atoms with van der Waals surface area (Å²) in [4.78, 5) is 73.1. The van der Waals surface area contributed by atoms with Gasteiger partial charge in [0.25, 0.3) is 0 Å². The molecule has 0 heterocycles. The molecule has 5 atom stereocenters. The zero-order chi connectivity index (χ0) is 76.0. The Labute approximate surface area is 632 Å². The average Bonchev–Trinajstić information content (AvgIpc) is 0.918. The van der Waals surface area contributed by atoms with Gasteiger partial charge in [-0.15, -0.1) is 0 Å². The molecule has 0 saturated heterocycles. The van der Waals surface area contributed by atoms with Crippen molar-refractivity contribution in [2.24, 2.45) is 0 Å². The third kappa shape index (κ3) is 75.9. The molecule has 0 spiro atoms. The second-order valence-electron chi connectivity index (χ2n) is 27.3. The van der Waals surface area contributed by atoms with E-state index in [0.717, 1.165) is 148 Å². The van der Waals surface area contributed by atoms with Crippen LogP contribution in [0.25, 0.3) is 0 Å². The molecule has 17 nitrogen and oxygen atoms in total. The number of ether oxygens (including phenoxy) is 4. The topological polar surface area (TPSA) is 237 Å². The van der Waals surface area contributed by atoms with Gasteiger partial charge in [-0.2, -0.15) is 0 Å². The lowest BCUT2D eigenvalue weighted by atomic mass is 10.0. The molecule has 0 aliphatic carbocycles. The fraction of sp³-hybridized carbons (Fsp3) is 0.741. The first-order valence-corrected chi connectivity index (χ1v) is 44.1. The van der Waals surface area contributed by atoms with Gasteiger partial charge in [-0.25, -0.2) is 9.13 Å². The predicted octanol–water partition coefficient (Wildman–Crippen LogP) is 24.1. The molecule has 0 rings (SSSR count). The van der Waals surface area contributed by atoms with Crippen LogP contribution < -0.4 is 0 Å². The number of carbonyl (C=O) groups excluding carboxylic acids is 4. The summed E-state index contributed by atoms with van der Waals surface area (Å²) in [6.07, 6.45) is 83.5. The highest BCUT2D eigenvalue weighted by Crippen LogP contribution is 2.45. The first kappa shape index (κ1) is 99.7. The lowest BCUT2D eigenvalue weighted by Crippen LogP contribution is -2.30. The summed E-state index contributed by atoms with van der Waals surface area (Å²) in [7, 11) is -9.97. The summed E-state index contributed by atoms with van der Waals surface area (Å²) >= 11 is 0. The van der Waals surface area contributed by atoms with Gasteiger partial charge < -0.3 is 33.8 Å². The number of aliphatic hydroxyl groups is 1. The number of unbranched alkanes of at least 4 members (excludes halogenated alkanes) is 33. The fourth-order valence-corrected chi connectivity index (χ4v) is 12.7. The van der Waals surface area contributed by atoms with Gasteiger partial charge in [0.15, 0.2) is 12.2 Å². The molecule has 0 aliphatic heterocycles. The number of aliphatic hydroxyl groups excluding tert-OH is 1. The highest BCUT2D eigenvalue weighted by Gasteiger charge is 2.30. The maximum Gasteiger partial charge on any atom is 0.472 e. The van der Waals surface area contributed by atoms with E-state index in [1.807, 2.05) is 12.2 Å². The molecule has 600 valence electrons. The molecule has 0 radical (unpaired) electrons. The molecule has 0 fully saturated rings. The number of carbonyl (C=O) groups is 4. The molecule has 5 unspecified atom stereocenters. The minimum Gasteiger partial charge on any atom is -0.462 e. The summed E-state index contributed by atoms with van der Waals surface area (Å²) in [5, 5.41) is 10.6. The van der Waals surface area contributed by atoms with Crippen molar-refractivity contribution in [2.75, 3.05) is 39.6 Å². The Hall–Kier alpha value is -4.28. The Morgan fingerprint density at radius 2 is 0.510 bits per heavy atom. The van der Waals surface area contributed by atoms with Crippen LogP contribution in [0.15, 0.2) is 109 Å². The van der Waals surface area contributed by atoms with E-state index in [0.29, 0.717) is 32.1 Å².